The second kappa shape index (κ2) is 23.5. The van der Waals surface area contributed by atoms with Gasteiger partial charge >= 0.3 is 12.4 Å². The van der Waals surface area contributed by atoms with Crippen molar-refractivity contribution in [2.75, 3.05) is 37.9 Å². The fraction of sp³-hybridized carbons (Fsp3) is 0.375. The second-order valence-corrected chi connectivity index (χ2v) is 21.8. The predicted octanol–water partition coefficient (Wildman–Crippen LogP) is 5.69. The van der Waals surface area contributed by atoms with Crippen molar-refractivity contribution in [2.45, 2.75) is 88.7 Å². The molecule has 8 aromatic rings. The van der Waals surface area contributed by atoms with Crippen molar-refractivity contribution in [2.24, 2.45) is 0 Å². The van der Waals surface area contributed by atoms with Crippen molar-refractivity contribution in [1.29, 1.82) is 0 Å². The van der Waals surface area contributed by atoms with Gasteiger partial charge in [0, 0.05) is 50.3 Å². The zero-order valence-corrected chi connectivity index (χ0v) is 46.8. The Morgan fingerprint density at radius 3 is 1.10 bits per heavy atom. The summed E-state index contributed by atoms with van der Waals surface area (Å²) in [6.07, 6.45) is -3.48. The molecule has 0 bridgehead atoms. The van der Waals surface area contributed by atoms with Crippen LogP contribution in [0.3, 0.4) is 0 Å². The summed E-state index contributed by atoms with van der Waals surface area (Å²) in [5.74, 6) is -2.44. The Hall–Kier alpha value is -8.50. The molecule has 6 heterocycles. The number of alkyl halides is 6. The quantitative estimate of drug-likeness (QED) is 0.0666. The molecule has 0 saturated heterocycles. The van der Waals surface area contributed by atoms with E-state index >= 15 is 0 Å². The highest BCUT2D eigenvalue weighted by Gasteiger charge is 2.65. The van der Waals surface area contributed by atoms with Gasteiger partial charge in [-0.15, -0.1) is 20.4 Å². The van der Waals surface area contributed by atoms with Crippen LogP contribution < -0.4 is 28.4 Å². The van der Waals surface area contributed by atoms with Crippen molar-refractivity contribution < 1.29 is 72.3 Å². The number of halogens is 6. The number of sulfonamides is 2. The van der Waals surface area contributed by atoms with E-state index in [1.54, 1.807) is 70.3 Å². The molecule has 0 saturated carbocycles. The Morgan fingerprint density at radius 1 is 0.537 bits per heavy atom. The molecule has 2 aromatic carbocycles. The third kappa shape index (κ3) is 11.5. The first-order chi connectivity index (χ1) is 38.6. The van der Waals surface area contributed by atoms with E-state index in [4.69, 9.17) is 18.9 Å². The SMILES string of the molecule is CCn1ccc(-c2nnc(NS(=O)(=O)[C@@H](C)[C@@](O)(c3ncc(C)cn3)C(F)(F)F)n2-c2c(OC)cccc2OC)n1.CCn1ccc(-c2nnc(NS(=O)(=O)[C@@H](C)[C@](O)(c3ncc(C)cn3)C(F)(F)F)n2-c2c(OC)cccc2OC)n1. The predicted molar refractivity (Wildman–Crippen MR) is 280 cm³/mol. The lowest BCUT2D eigenvalue weighted by Crippen LogP contribution is -2.55. The van der Waals surface area contributed by atoms with Crippen LogP contribution in [0.5, 0.6) is 23.0 Å². The van der Waals surface area contributed by atoms with Gasteiger partial charge in [-0.3, -0.25) is 27.9 Å². The van der Waals surface area contributed by atoms with E-state index in [1.165, 1.54) is 51.4 Å². The molecule has 82 heavy (non-hydrogen) atoms. The minimum atomic E-state index is -5.48. The highest BCUT2D eigenvalue weighted by molar-refractivity contribution is 7.93. The van der Waals surface area contributed by atoms with Gasteiger partial charge in [-0.05, 0) is 89.1 Å². The first-order valence-corrected chi connectivity index (χ1v) is 27.3. The number of para-hydroxylation sites is 2. The van der Waals surface area contributed by atoms with Crippen molar-refractivity contribution >= 4 is 31.9 Å². The highest BCUT2D eigenvalue weighted by Crippen LogP contribution is 2.46. The van der Waals surface area contributed by atoms with Gasteiger partial charge < -0.3 is 29.2 Å². The number of nitrogens with one attached hydrogen (secondary N) is 2. The van der Waals surface area contributed by atoms with Gasteiger partial charge in [-0.1, -0.05) is 12.1 Å². The van der Waals surface area contributed by atoms with Crippen LogP contribution in [0.1, 0.15) is 50.5 Å². The lowest BCUT2D eigenvalue weighted by atomic mass is 9.98. The number of aliphatic hydroxyl groups is 2. The molecule has 4 N–H and O–H groups in total. The maximum absolute atomic E-state index is 14.3. The number of aryl methyl sites for hydroxylation is 4. The minimum Gasteiger partial charge on any atom is -0.494 e. The molecule has 8 rings (SSSR count). The Labute approximate surface area is 464 Å². The van der Waals surface area contributed by atoms with E-state index in [-0.39, 0.29) is 57.4 Å². The van der Waals surface area contributed by atoms with Crippen LogP contribution in [-0.2, 0) is 44.3 Å². The number of ether oxygens (including phenoxy) is 4. The third-order valence-electron chi connectivity index (χ3n) is 12.6. The average molecular weight is 1190 g/mol. The first-order valence-electron chi connectivity index (χ1n) is 24.2. The van der Waals surface area contributed by atoms with Crippen LogP contribution in [-0.4, -0.2) is 147 Å². The molecule has 6 aromatic heterocycles. The Bertz CT molecular complexity index is 3480. The minimum absolute atomic E-state index is 0.0262. The Kier molecular flexibility index (Phi) is 17.5. The molecule has 440 valence electrons. The summed E-state index contributed by atoms with van der Waals surface area (Å²) >= 11 is 0. The summed E-state index contributed by atoms with van der Waals surface area (Å²) in [5, 5.41) is 41.4. The van der Waals surface area contributed by atoms with Gasteiger partial charge in [0.1, 0.15) is 56.3 Å². The average Bonchev–Trinajstić information content (AvgIpc) is 4.42. The number of anilines is 2. The number of aromatic nitrogens is 14. The van der Waals surface area contributed by atoms with Gasteiger partial charge in [0.25, 0.3) is 0 Å². The van der Waals surface area contributed by atoms with Gasteiger partial charge in [0.15, 0.2) is 23.3 Å². The molecule has 0 aliphatic heterocycles. The zero-order valence-electron chi connectivity index (χ0n) is 45.2. The summed E-state index contributed by atoms with van der Waals surface area (Å²) in [7, 11) is -4.70. The van der Waals surface area contributed by atoms with E-state index in [9.17, 15) is 53.4 Å². The van der Waals surface area contributed by atoms with E-state index in [2.05, 4.69) is 60.0 Å². The summed E-state index contributed by atoms with van der Waals surface area (Å²) in [6, 6.07) is 12.7. The molecule has 26 nitrogen and oxygen atoms in total. The maximum atomic E-state index is 14.3. The smallest absolute Gasteiger partial charge is 0.426 e. The van der Waals surface area contributed by atoms with Crippen LogP contribution in [0.4, 0.5) is 38.2 Å². The van der Waals surface area contributed by atoms with Crippen molar-refractivity contribution in [3.05, 3.63) is 108 Å². The normalized spacial score (nSPS) is 14.4. The summed E-state index contributed by atoms with van der Waals surface area (Å²) in [4.78, 5) is 14.3. The third-order valence-corrected chi connectivity index (χ3v) is 16.1. The van der Waals surface area contributed by atoms with Gasteiger partial charge in [0.2, 0.25) is 43.1 Å². The summed E-state index contributed by atoms with van der Waals surface area (Å²) < 4.78 is 172. The van der Waals surface area contributed by atoms with E-state index in [0.29, 0.717) is 38.1 Å². The van der Waals surface area contributed by atoms with E-state index < -0.39 is 77.6 Å². The molecule has 0 unspecified atom stereocenters. The van der Waals surface area contributed by atoms with Gasteiger partial charge in [-0.25, -0.2) is 36.8 Å². The van der Waals surface area contributed by atoms with Crippen LogP contribution in [0.2, 0.25) is 0 Å². The molecule has 0 spiro atoms. The number of hydrogen-bond donors (Lipinski definition) is 4. The lowest BCUT2D eigenvalue weighted by molar-refractivity contribution is -0.269. The van der Waals surface area contributed by atoms with Crippen molar-refractivity contribution in [1.82, 2.24) is 69.0 Å². The van der Waals surface area contributed by atoms with Gasteiger partial charge in [0.05, 0.1) is 28.4 Å². The number of nitrogens with zero attached hydrogens (tertiary/aromatic N) is 14. The second-order valence-electron chi connectivity index (χ2n) is 17.8. The van der Waals surface area contributed by atoms with E-state index in [0.717, 1.165) is 24.8 Å². The largest absolute Gasteiger partial charge is 0.494 e. The fourth-order valence-electron chi connectivity index (χ4n) is 8.01. The van der Waals surface area contributed by atoms with Gasteiger partial charge in [-0.2, -0.15) is 36.5 Å². The Morgan fingerprint density at radius 2 is 0.841 bits per heavy atom. The molecule has 4 atom stereocenters. The number of methoxy groups -OCH3 is 4. The van der Waals surface area contributed by atoms with Crippen LogP contribution in [0, 0.1) is 13.8 Å². The monoisotopic (exact) mass is 1190 g/mol. The van der Waals surface area contributed by atoms with E-state index in [1.807, 2.05) is 13.8 Å². The molecular weight excluding hydrogens is 1140 g/mol. The summed E-state index contributed by atoms with van der Waals surface area (Å²) in [6.45, 7) is 9.16. The molecule has 0 amide bonds. The molecular formula is C48H54F6N16O10S2. The standard InChI is InChI=1S/2C24H27F3N8O5S/c2*1-6-34-11-10-16(32-34)20-30-31-22(35(20)19-17(39-4)8-7-9-18(19)40-5)33-41(37,38)15(3)23(36,24(25,26)27)21-28-12-14(2)13-29-21/h2*7-13,15,36H,6H2,1-5H3,(H,31,33)/t15-,23+;15-,23-/m00/s1. The zero-order chi connectivity index (χ0) is 60.3. The molecule has 0 radical (unpaired) electrons. The Balaban J connectivity index is 0.000000236. The topological polar surface area (TPSA) is 318 Å². The molecule has 0 fully saturated rings. The maximum Gasteiger partial charge on any atom is 0.426 e. The molecule has 0 aliphatic rings. The van der Waals surface area contributed by atoms with Crippen LogP contribution >= 0.6 is 0 Å². The van der Waals surface area contributed by atoms with Crippen LogP contribution in [0.15, 0.2) is 85.7 Å². The first kappa shape index (κ1) is 61.1. The highest BCUT2D eigenvalue weighted by atomic mass is 32.2. The number of benzene rings is 2. The fourth-order valence-corrected chi connectivity index (χ4v) is 10.5. The van der Waals surface area contributed by atoms with Crippen LogP contribution in [0.25, 0.3) is 34.4 Å². The lowest BCUT2D eigenvalue weighted by Gasteiger charge is -2.33. The number of hydrogen-bond acceptors (Lipinski definition) is 20. The van der Waals surface area contributed by atoms with Crippen molar-refractivity contribution in [3.63, 3.8) is 0 Å². The number of rotatable bonds is 20. The van der Waals surface area contributed by atoms with Crippen molar-refractivity contribution in [3.8, 4) is 57.4 Å². The molecule has 0 aliphatic carbocycles. The summed E-state index contributed by atoms with van der Waals surface area (Å²) in [5.41, 5.74) is -6.34. The molecule has 34 heteroatoms.